The van der Waals surface area contributed by atoms with Gasteiger partial charge in [0.25, 0.3) is 5.91 Å². The van der Waals surface area contributed by atoms with Crippen LogP contribution in [0, 0.1) is 11.6 Å². The Morgan fingerprint density at radius 1 is 1.04 bits per heavy atom. The molecule has 2 aromatic rings. The maximum atomic E-state index is 13.5. The molecule has 2 aromatic carbocycles. The molecule has 0 unspecified atom stereocenters. The molecule has 0 bridgehead atoms. The zero-order valence-corrected chi connectivity index (χ0v) is 13.0. The van der Waals surface area contributed by atoms with E-state index in [1.807, 2.05) is 0 Å². The molecule has 0 fully saturated rings. The molecule has 0 aliphatic carbocycles. The fraction of sp³-hybridized carbons (Fsp3) is 0.125. The summed E-state index contributed by atoms with van der Waals surface area (Å²) in [6, 6.07) is 9.24. The molecule has 0 atom stereocenters. The number of carbonyl (C=O) groups is 2. The van der Waals surface area contributed by atoms with Crippen molar-refractivity contribution >= 4 is 29.2 Å². The minimum absolute atomic E-state index is 0.0944. The van der Waals surface area contributed by atoms with E-state index >= 15 is 0 Å². The van der Waals surface area contributed by atoms with Gasteiger partial charge in [-0.05, 0) is 30.3 Å². The Bertz CT molecular complexity index is 755. The Balaban J connectivity index is 1.77. The predicted molar refractivity (Wildman–Crippen MR) is 82.9 cm³/mol. The SMILES string of the molecule is O=C(COC(=O)COc1ccccc1F)Nc1ccc(Cl)cc1F. The summed E-state index contributed by atoms with van der Waals surface area (Å²) in [4.78, 5) is 23.0. The number of nitrogens with one attached hydrogen (secondary N) is 1. The first-order valence-corrected chi connectivity index (χ1v) is 7.11. The molecule has 0 spiro atoms. The molecule has 126 valence electrons. The van der Waals surface area contributed by atoms with E-state index < -0.39 is 36.7 Å². The summed E-state index contributed by atoms with van der Waals surface area (Å²) in [7, 11) is 0. The van der Waals surface area contributed by atoms with E-state index in [0.29, 0.717) is 0 Å². The second-order valence-corrected chi connectivity index (χ2v) is 4.99. The van der Waals surface area contributed by atoms with Crippen molar-refractivity contribution in [2.45, 2.75) is 0 Å². The quantitative estimate of drug-likeness (QED) is 0.808. The first-order chi connectivity index (χ1) is 11.5. The van der Waals surface area contributed by atoms with E-state index in [-0.39, 0.29) is 16.5 Å². The first-order valence-electron chi connectivity index (χ1n) is 6.73. The lowest BCUT2D eigenvalue weighted by Gasteiger charge is -2.09. The number of hydrogen-bond donors (Lipinski definition) is 1. The lowest BCUT2D eigenvalue weighted by molar-refractivity contribution is -0.149. The van der Waals surface area contributed by atoms with E-state index in [1.165, 1.54) is 36.4 Å². The van der Waals surface area contributed by atoms with Crippen LogP contribution in [0.1, 0.15) is 0 Å². The van der Waals surface area contributed by atoms with Gasteiger partial charge in [-0.15, -0.1) is 0 Å². The van der Waals surface area contributed by atoms with Crippen LogP contribution in [0.5, 0.6) is 5.75 Å². The van der Waals surface area contributed by atoms with Crippen molar-refractivity contribution in [3.05, 3.63) is 59.1 Å². The predicted octanol–water partition coefficient (Wildman–Crippen LogP) is 3.18. The van der Waals surface area contributed by atoms with Gasteiger partial charge in [-0.2, -0.15) is 0 Å². The average molecular weight is 356 g/mol. The van der Waals surface area contributed by atoms with Crippen molar-refractivity contribution in [3.8, 4) is 5.75 Å². The van der Waals surface area contributed by atoms with Crippen LogP contribution in [0.25, 0.3) is 0 Å². The van der Waals surface area contributed by atoms with E-state index in [1.54, 1.807) is 0 Å². The Morgan fingerprint density at radius 3 is 2.50 bits per heavy atom. The molecule has 8 heteroatoms. The summed E-state index contributed by atoms with van der Waals surface area (Å²) >= 11 is 5.59. The molecule has 0 saturated carbocycles. The molecule has 1 amide bonds. The molecule has 0 saturated heterocycles. The molecule has 0 aliphatic heterocycles. The minimum atomic E-state index is -0.870. The number of benzene rings is 2. The van der Waals surface area contributed by atoms with Crippen LogP contribution in [-0.4, -0.2) is 25.1 Å². The Kier molecular flexibility index (Phi) is 6.08. The van der Waals surface area contributed by atoms with Gasteiger partial charge < -0.3 is 14.8 Å². The monoisotopic (exact) mass is 355 g/mol. The zero-order chi connectivity index (χ0) is 17.5. The van der Waals surface area contributed by atoms with Gasteiger partial charge in [0.05, 0.1) is 5.69 Å². The van der Waals surface area contributed by atoms with Gasteiger partial charge in [-0.25, -0.2) is 13.6 Å². The highest BCUT2D eigenvalue weighted by atomic mass is 35.5. The Labute approximate surface area is 141 Å². The van der Waals surface area contributed by atoms with Crippen molar-refractivity contribution < 1.29 is 27.8 Å². The van der Waals surface area contributed by atoms with Crippen LogP contribution in [-0.2, 0) is 14.3 Å². The summed E-state index contributed by atoms with van der Waals surface area (Å²) in [5, 5.41) is 2.41. The van der Waals surface area contributed by atoms with Crippen molar-refractivity contribution in [3.63, 3.8) is 0 Å². The summed E-state index contributed by atoms with van der Waals surface area (Å²) in [5.74, 6) is -3.06. The van der Waals surface area contributed by atoms with Crippen LogP contribution in [0.2, 0.25) is 5.02 Å². The van der Waals surface area contributed by atoms with Gasteiger partial charge in [0.15, 0.2) is 24.8 Å². The molecule has 2 rings (SSSR count). The third-order valence-electron chi connectivity index (χ3n) is 2.75. The maximum absolute atomic E-state index is 13.5. The number of anilines is 1. The molecular formula is C16H12ClF2NO4. The summed E-state index contributed by atoms with van der Waals surface area (Å²) < 4.78 is 36.3. The van der Waals surface area contributed by atoms with Gasteiger partial charge >= 0.3 is 5.97 Å². The van der Waals surface area contributed by atoms with Gasteiger partial charge in [-0.1, -0.05) is 23.7 Å². The first kappa shape index (κ1) is 17.7. The highest BCUT2D eigenvalue weighted by Gasteiger charge is 2.12. The highest BCUT2D eigenvalue weighted by Crippen LogP contribution is 2.18. The molecule has 5 nitrogen and oxygen atoms in total. The van der Waals surface area contributed by atoms with Gasteiger partial charge in [0.1, 0.15) is 5.82 Å². The molecule has 0 radical (unpaired) electrons. The van der Waals surface area contributed by atoms with Gasteiger partial charge in [-0.3, -0.25) is 4.79 Å². The lowest BCUT2D eigenvalue weighted by atomic mass is 10.3. The zero-order valence-electron chi connectivity index (χ0n) is 12.2. The smallest absolute Gasteiger partial charge is 0.344 e. The summed E-state index contributed by atoms with van der Waals surface area (Å²) in [5.41, 5.74) is -0.0944. The van der Waals surface area contributed by atoms with Crippen molar-refractivity contribution in [1.82, 2.24) is 0 Å². The van der Waals surface area contributed by atoms with Crippen LogP contribution in [0.4, 0.5) is 14.5 Å². The van der Waals surface area contributed by atoms with Crippen molar-refractivity contribution in [2.24, 2.45) is 0 Å². The third-order valence-corrected chi connectivity index (χ3v) is 2.99. The number of amides is 1. The molecule has 0 aromatic heterocycles. The highest BCUT2D eigenvalue weighted by molar-refractivity contribution is 6.30. The van der Waals surface area contributed by atoms with E-state index in [9.17, 15) is 18.4 Å². The van der Waals surface area contributed by atoms with Gasteiger partial charge in [0, 0.05) is 5.02 Å². The lowest BCUT2D eigenvalue weighted by Crippen LogP contribution is -2.24. The summed E-state index contributed by atoms with van der Waals surface area (Å²) in [6.07, 6.45) is 0. The second-order valence-electron chi connectivity index (χ2n) is 4.55. The summed E-state index contributed by atoms with van der Waals surface area (Å²) in [6.45, 7) is -1.20. The Morgan fingerprint density at radius 2 is 1.79 bits per heavy atom. The molecule has 0 aliphatic rings. The molecule has 0 heterocycles. The largest absolute Gasteiger partial charge is 0.479 e. The molecular weight excluding hydrogens is 344 g/mol. The Hall–Kier alpha value is -2.67. The normalized spacial score (nSPS) is 10.1. The van der Waals surface area contributed by atoms with E-state index in [4.69, 9.17) is 16.3 Å². The number of hydrogen-bond acceptors (Lipinski definition) is 4. The second kappa shape index (κ2) is 8.26. The maximum Gasteiger partial charge on any atom is 0.344 e. The van der Waals surface area contributed by atoms with Crippen molar-refractivity contribution in [1.29, 1.82) is 0 Å². The number of carbonyl (C=O) groups excluding carboxylic acids is 2. The van der Waals surface area contributed by atoms with Crippen LogP contribution < -0.4 is 10.1 Å². The number of rotatable bonds is 6. The van der Waals surface area contributed by atoms with E-state index in [0.717, 1.165) is 6.07 Å². The number of esters is 1. The van der Waals surface area contributed by atoms with Crippen LogP contribution >= 0.6 is 11.6 Å². The fourth-order valence-electron chi connectivity index (χ4n) is 1.66. The van der Waals surface area contributed by atoms with Crippen LogP contribution in [0.15, 0.2) is 42.5 Å². The van der Waals surface area contributed by atoms with E-state index in [2.05, 4.69) is 10.1 Å². The average Bonchev–Trinajstić information content (AvgIpc) is 2.55. The van der Waals surface area contributed by atoms with Crippen LogP contribution in [0.3, 0.4) is 0 Å². The fourth-order valence-corrected chi connectivity index (χ4v) is 1.82. The number of halogens is 3. The standard InChI is InChI=1S/C16H12ClF2NO4/c17-10-5-6-13(12(19)7-10)20-15(21)8-24-16(22)9-23-14-4-2-1-3-11(14)18/h1-7H,8-9H2,(H,20,21). The van der Waals surface area contributed by atoms with Gasteiger partial charge in [0.2, 0.25) is 0 Å². The third kappa shape index (κ3) is 5.20. The topological polar surface area (TPSA) is 64.6 Å². The van der Waals surface area contributed by atoms with Crippen molar-refractivity contribution in [2.75, 3.05) is 18.5 Å². The number of para-hydroxylation sites is 1. The molecule has 1 N–H and O–H groups in total. The number of ether oxygens (including phenoxy) is 2. The minimum Gasteiger partial charge on any atom is -0.479 e. The molecule has 24 heavy (non-hydrogen) atoms.